The average Bonchev–Trinajstić information content (AvgIpc) is 2.86. The molecular formula is C21H30O5. The maximum absolute atomic E-state index is 12.4. The number of ketones is 2. The molecule has 0 unspecified atom stereocenters. The van der Waals surface area contributed by atoms with Crippen LogP contribution in [0.15, 0.2) is 11.6 Å². The maximum Gasteiger partial charge on any atom is 0.190 e. The topological polar surface area (TPSA) is 94.8 Å². The maximum atomic E-state index is 12.4. The van der Waals surface area contributed by atoms with Crippen LogP contribution < -0.4 is 0 Å². The predicted octanol–water partition coefficient (Wildman–Crippen LogP) is 1.78. The molecule has 5 heteroatoms. The monoisotopic (exact) mass is 362 g/mol. The third-order valence-corrected chi connectivity index (χ3v) is 8.65. The van der Waals surface area contributed by atoms with Gasteiger partial charge < -0.3 is 15.3 Å². The average molecular weight is 362 g/mol. The molecule has 0 amide bonds. The first-order valence-corrected chi connectivity index (χ1v) is 9.96. The number of hydrogen-bond acceptors (Lipinski definition) is 5. The van der Waals surface area contributed by atoms with Crippen LogP contribution in [0, 0.1) is 28.6 Å². The van der Waals surface area contributed by atoms with Crippen LogP contribution in [-0.2, 0) is 9.59 Å². The normalized spacial score (nSPS) is 50.5. The summed E-state index contributed by atoms with van der Waals surface area (Å²) in [5.41, 5.74) is -1.23. The standard InChI is InChI=1S/C21H30O5/c1-19-7-5-13(23)9-12(19)3-4-14-15-6-8-21(26,17(25)11-22)20(15,2)10-16(24)18(14)19/h9,14-16,18,22,24,26H,3-8,10-11H2,1-2H3/t14-,15+,16-,18-,19-,20+,21-/m1/s1. The van der Waals surface area contributed by atoms with E-state index in [4.69, 9.17) is 0 Å². The Hall–Kier alpha value is -1.04. The number of carbonyl (C=O) groups is 2. The second-order valence-electron chi connectivity index (χ2n) is 9.56. The Bertz CT molecular complexity index is 684. The highest BCUT2D eigenvalue weighted by atomic mass is 16.3. The van der Waals surface area contributed by atoms with Crippen molar-refractivity contribution in [1.29, 1.82) is 0 Å². The van der Waals surface area contributed by atoms with Gasteiger partial charge >= 0.3 is 0 Å². The van der Waals surface area contributed by atoms with Crippen LogP contribution in [0.1, 0.15) is 58.8 Å². The zero-order valence-corrected chi connectivity index (χ0v) is 15.7. The number of allylic oxidation sites excluding steroid dienone is 1. The molecule has 0 aromatic carbocycles. The molecule has 4 aliphatic rings. The smallest absolute Gasteiger partial charge is 0.190 e. The lowest BCUT2D eigenvalue weighted by molar-refractivity contribution is -0.182. The van der Waals surface area contributed by atoms with E-state index in [1.165, 1.54) is 5.57 Å². The molecule has 0 aliphatic heterocycles. The largest absolute Gasteiger partial charge is 0.393 e. The summed E-state index contributed by atoms with van der Waals surface area (Å²) in [6.45, 7) is 3.46. The second kappa shape index (κ2) is 5.73. The van der Waals surface area contributed by atoms with Gasteiger partial charge in [-0.1, -0.05) is 19.4 Å². The van der Waals surface area contributed by atoms with Crippen LogP contribution in [0.3, 0.4) is 0 Å². The lowest BCUT2D eigenvalue weighted by atomic mass is 9.45. The van der Waals surface area contributed by atoms with Gasteiger partial charge in [-0.25, -0.2) is 0 Å². The Kier molecular flexibility index (Phi) is 4.04. The Morgan fingerprint density at radius 2 is 1.96 bits per heavy atom. The first-order valence-electron chi connectivity index (χ1n) is 9.96. The van der Waals surface area contributed by atoms with E-state index in [0.717, 1.165) is 25.7 Å². The molecule has 0 spiro atoms. The summed E-state index contributed by atoms with van der Waals surface area (Å²) < 4.78 is 0. The second-order valence-corrected chi connectivity index (χ2v) is 9.56. The van der Waals surface area contributed by atoms with Crippen molar-refractivity contribution in [1.82, 2.24) is 0 Å². The van der Waals surface area contributed by atoms with Crippen LogP contribution in [0.4, 0.5) is 0 Å². The Labute approximate surface area is 154 Å². The molecule has 3 fully saturated rings. The summed E-state index contributed by atoms with van der Waals surface area (Å²) in [7, 11) is 0. The number of fused-ring (bicyclic) bond motifs is 5. The van der Waals surface area contributed by atoms with Gasteiger partial charge in [-0.3, -0.25) is 9.59 Å². The summed E-state index contributed by atoms with van der Waals surface area (Å²) in [5.74, 6) is 0.140. The third kappa shape index (κ3) is 2.14. The predicted molar refractivity (Wildman–Crippen MR) is 95.1 cm³/mol. The molecule has 0 radical (unpaired) electrons. The van der Waals surface area contributed by atoms with E-state index in [2.05, 4.69) is 6.92 Å². The minimum Gasteiger partial charge on any atom is -0.393 e. The molecule has 3 N–H and O–H groups in total. The SMILES string of the molecule is C[C@]12C[C@@H](O)[C@H]3[C@H](CCC4=CC(=O)CC[C@]43C)[C@@H]1CC[C@@]2(O)C(=O)CO. The molecule has 4 aliphatic carbocycles. The summed E-state index contributed by atoms with van der Waals surface area (Å²) in [6, 6.07) is 0. The number of aliphatic hydroxyl groups excluding tert-OH is 2. The molecule has 5 nitrogen and oxygen atoms in total. The number of Topliss-reactive ketones (excluding diaryl/α,β-unsaturated/α-hetero) is 1. The van der Waals surface area contributed by atoms with Crippen molar-refractivity contribution in [2.75, 3.05) is 6.61 Å². The molecule has 144 valence electrons. The van der Waals surface area contributed by atoms with Crippen LogP contribution in [-0.4, -0.2) is 45.2 Å². The fourth-order valence-electron chi connectivity index (χ4n) is 7.28. The van der Waals surface area contributed by atoms with Crippen molar-refractivity contribution in [3.05, 3.63) is 11.6 Å². The van der Waals surface area contributed by atoms with Gasteiger partial charge in [0.15, 0.2) is 11.6 Å². The molecule has 7 atom stereocenters. The van der Waals surface area contributed by atoms with Gasteiger partial charge in [0.1, 0.15) is 12.2 Å². The zero-order valence-electron chi connectivity index (χ0n) is 15.7. The van der Waals surface area contributed by atoms with Gasteiger partial charge in [0, 0.05) is 11.8 Å². The van der Waals surface area contributed by atoms with Gasteiger partial charge in [0.25, 0.3) is 0 Å². The molecular weight excluding hydrogens is 332 g/mol. The highest BCUT2D eigenvalue weighted by Gasteiger charge is 2.68. The summed E-state index contributed by atoms with van der Waals surface area (Å²) >= 11 is 0. The van der Waals surface area contributed by atoms with Crippen LogP contribution in [0.5, 0.6) is 0 Å². The van der Waals surface area contributed by atoms with Gasteiger partial charge in [-0.2, -0.15) is 0 Å². The van der Waals surface area contributed by atoms with Crippen molar-refractivity contribution in [3.8, 4) is 0 Å². The Morgan fingerprint density at radius 3 is 2.65 bits per heavy atom. The minimum atomic E-state index is -1.54. The summed E-state index contributed by atoms with van der Waals surface area (Å²) in [5, 5.41) is 31.7. The molecule has 26 heavy (non-hydrogen) atoms. The summed E-state index contributed by atoms with van der Waals surface area (Å²) in [6.07, 6.45) is 5.74. The quantitative estimate of drug-likeness (QED) is 0.696. The van der Waals surface area contributed by atoms with E-state index < -0.39 is 29.5 Å². The number of hydrogen-bond donors (Lipinski definition) is 3. The van der Waals surface area contributed by atoms with Crippen LogP contribution in [0.2, 0.25) is 0 Å². The van der Waals surface area contributed by atoms with E-state index in [0.29, 0.717) is 19.3 Å². The molecule has 4 rings (SSSR count). The Morgan fingerprint density at radius 1 is 1.23 bits per heavy atom. The fourth-order valence-corrected chi connectivity index (χ4v) is 7.28. The highest BCUT2D eigenvalue weighted by Crippen LogP contribution is 2.67. The number of carbonyl (C=O) groups excluding carboxylic acids is 2. The van der Waals surface area contributed by atoms with Gasteiger partial charge in [0.05, 0.1) is 6.10 Å². The van der Waals surface area contributed by atoms with Crippen LogP contribution in [0.25, 0.3) is 0 Å². The molecule has 3 saturated carbocycles. The van der Waals surface area contributed by atoms with E-state index in [1.807, 2.05) is 6.92 Å². The third-order valence-electron chi connectivity index (χ3n) is 8.65. The number of aliphatic hydroxyl groups is 3. The van der Waals surface area contributed by atoms with Gasteiger partial charge in [-0.05, 0) is 67.8 Å². The van der Waals surface area contributed by atoms with Crippen molar-refractivity contribution >= 4 is 11.6 Å². The summed E-state index contributed by atoms with van der Waals surface area (Å²) in [4.78, 5) is 24.3. The molecule has 0 aromatic rings. The van der Waals surface area contributed by atoms with Gasteiger partial charge in [-0.15, -0.1) is 0 Å². The van der Waals surface area contributed by atoms with E-state index in [9.17, 15) is 24.9 Å². The molecule has 0 heterocycles. The fraction of sp³-hybridized carbons (Fsp3) is 0.810. The van der Waals surface area contributed by atoms with Crippen molar-refractivity contribution in [2.45, 2.75) is 70.5 Å². The van der Waals surface area contributed by atoms with Crippen molar-refractivity contribution < 1.29 is 24.9 Å². The minimum absolute atomic E-state index is 0.0697. The lowest BCUT2D eigenvalue weighted by Crippen LogP contribution is -2.62. The van der Waals surface area contributed by atoms with Gasteiger partial charge in [0.2, 0.25) is 0 Å². The zero-order chi connectivity index (χ0) is 18.9. The Balaban J connectivity index is 1.74. The number of rotatable bonds is 2. The van der Waals surface area contributed by atoms with E-state index in [-0.39, 0.29) is 29.0 Å². The molecule has 0 saturated heterocycles. The van der Waals surface area contributed by atoms with Crippen LogP contribution >= 0.6 is 0 Å². The van der Waals surface area contributed by atoms with E-state index >= 15 is 0 Å². The van der Waals surface area contributed by atoms with Crippen molar-refractivity contribution in [3.63, 3.8) is 0 Å². The molecule has 0 aromatic heterocycles. The molecule has 0 bridgehead atoms. The van der Waals surface area contributed by atoms with Crippen molar-refractivity contribution in [2.24, 2.45) is 28.6 Å². The lowest BCUT2D eigenvalue weighted by Gasteiger charge is -2.60. The van der Waals surface area contributed by atoms with E-state index in [1.54, 1.807) is 6.08 Å². The first-order chi connectivity index (χ1) is 12.2. The first kappa shape index (κ1) is 18.3. The highest BCUT2D eigenvalue weighted by molar-refractivity contribution is 5.91.